The highest BCUT2D eigenvalue weighted by molar-refractivity contribution is 5.91. The molecule has 0 unspecified atom stereocenters. The number of halogens is 2. The third-order valence-corrected chi connectivity index (χ3v) is 5.78. The first-order valence-electron chi connectivity index (χ1n) is 10.9. The van der Waals surface area contributed by atoms with Crippen LogP contribution in [-0.2, 0) is 6.54 Å². The normalized spacial score (nSPS) is 13.6. The van der Waals surface area contributed by atoms with Crippen LogP contribution in [0.4, 0.5) is 14.6 Å². The number of hydrogen-bond donors (Lipinski definition) is 2. The number of fused-ring (bicyclic) bond motifs is 1. The topological polar surface area (TPSA) is 90.3 Å². The Morgan fingerprint density at radius 2 is 1.85 bits per heavy atom. The maximum Gasteiger partial charge on any atom is 0.263 e. The first-order valence-corrected chi connectivity index (χ1v) is 10.9. The Hall–Kier alpha value is -3.75. The number of anilines is 1. The third kappa shape index (κ3) is 4.30. The van der Waals surface area contributed by atoms with Crippen molar-refractivity contribution in [2.45, 2.75) is 39.7 Å². The largest absolute Gasteiger partial charge is 0.385 e. The number of alkyl halides is 2. The molecule has 5 rings (SSSR count). The van der Waals surface area contributed by atoms with Crippen LogP contribution in [-0.4, -0.2) is 29.5 Å². The van der Waals surface area contributed by atoms with Gasteiger partial charge in [-0.1, -0.05) is 24.3 Å². The van der Waals surface area contributed by atoms with Crippen LogP contribution in [0.2, 0.25) is 0 Å². The van der Waals surface area contributed by atoms with Crippen molar-refractivity contribution in [2.24, 2.45) is 5.92 Å². The molecule has 1 aliphatic rings. The van der Waals surface area contributed by atoms with Gasteiger partial charge in [0.25, 0.3) is 6.43 Å². The van der Waals surface area contributed by atoms with Crippen molar-refractivity contribution in [3.05, 3.63) is 65.6 Å². The number of aryl methyl sites for hydroxylation is 2. The second-order valence-corrected chi connectivity index (χ2v) is 8.53. The number of aromatic amines is 1. The van der Waals surface area contributed by atoms with Gasteiger partial charge in [0.2, 0.25) is 0 Å². The molecular formula is C24H25F2N7. The first-order chi connectivity index (χ1) is 15.9. The Kier molecular flexibility index (Phi) is 5.32. The van der Waals surface area contributed by atoms with Gasteiger partial charge >= 0.3 is 0 Å². The predicted molar refractivity (Wildman–Crippen MR) is 124 cm³/mol. The number of aromatic nitrogens is 6. The minimum atomic E-state index is -2.51. The summed E-state index contributed by atoms with van der Waals surface area (Å²) in [7, 11) is 0. The summed E-state index contributed by atoms with van der Waals surface area (Å²) in [5.41, 5.74) is 10.4. The SMILES string of the molecule is Cc1cc(C)n(-c2cc(N)[nH]c3c(ccn2)c(-c2ccc(C(F)F)cc2)nn3CC2CC2)n1. The number of H-pyrrole nitrogens is 1. The van der Waals surface area contributed by atoms with Crippen molar-refractivity contribution in [3.8, 4) is 17.1 Å². The Labute approximate surface area is 189 Å². The molecule has 1 aliphatic carbocycles. The van der Waals surface area contributed by atoms with Gasteiger partial charge in [-0.25, -0.2) is 23.1 Å². The minimum absolute atomic E-state index is 0.0178. The molecule has 4 aromatic rings. The molecule has 9 heteroatoms. The molecule has 0 amide bonds. The summed E-state index contributed by atoms with van der Waals surface area (Å²) < 4.78 is 29.7. The lowest BCUT2D eigenvalue weighted by molar-refractivity contribution is 0.151. The van der Waals surface area contributed by atoms with Gasteiger partial charge in [-0.2, -0.15) is 10.2 Å². The van der Waals surface area contributed by atoms with Crippen molar-refractivity contribution in [1.29, 1.82) is 0 Å². The minimum Gasteiger partial charge on any atom is -0.385 e. The molecule has 0 bridgehead atoms. The standard InChI is InChI=1S/C24H25F2N7/c1-14-11-15(2)33(30-14)21-12-20(27)29-24-19(9-10-28-21)22(31-32(24)13-16-3-4-16)17-5-7-18(8-6-17)23(25)26/h5-12,16,23,29H,3-4,13,27H2,1-2H3. The summed E-state index contributed by atoms with van der Waals surface area (Å²) >= 11 is 0. The molecule has 3 N–H and O–H groups in total. The average molecular weight is 450 g/mol. The number of nitrogens with one attached hydrogen (secondary N) is 1. The zero-order valence-corrected chi connectivity index (χ0v) is 18.5. The van der Waals surface area contributed by atoms with E-state index >= 15 is 0 Å². The van der Waals surface area contributed by atoms with E-state index in [2.05, 4.69) is 15.1 Å². The lowest BCUT2D eigenvalue weighted by Gasteiger charge is -2.03. The van der Waals surface area contributed by atoms with Crippen molar-refractivity contribution < 1.29 is 8.78 Å². The van der Waals surface area contributed by atoms with Crippen LogP contribution < -0.4 is 5.73 Å². The molecule has 1 fully saturated rings. The Balaban J connectivity index is 1.71. The number of nitrogens with two attached hydrogens (primary N) is 1. The van der Waals surface area contributed by atoms with Crippen LogP contribution in [0.1, 0.15) is 36.2 Å². The van der Waals surface area contributed by atoms with Crippen molar-refractivity contribution in [1.82, 2.24) is 29.5 Å². The molecule has 7 nitrogen and oxygen atoms in total. The molecule has 33 heavy (non-hydrogen) atoms. The van der Waals surface area contributed by atoms with Gasteiger partial charge in [0.15, 0.2) is 5.82 Å². The van der Waals surface area contributed by atoms with Gasteiger partial charge in [0.1, 0.15) is 17.2 Å². The van der Waals surface area contributed by atoms with E-state index in [1.807, 2.05) is 30.7 Å². The fraction of sp³-hybridized carbons (Fsp3) is 0.292. The van der Waals surface area contributed by atoms with Crippen LogP contribution in [0.5, 0.6) is 0 Å². The van der Waals surface area contributed by atoms with E-state index in [-0.39, 0.29) is 5.56 Å². The number of hydrogen-bond acceptors (Lipinski definition) is 4. The molecule has 1 saturated carbocycles. The van der Waals surface area contributed by atoms with Crippen molar-refractivity contribution in [2.75, 3.05) is 5.73 Å². The Morgan fingerprint density at radius 3 is 2.48 bits per heavy atom. The highest BCUT2D eigenvalue weighted by atomic mass is 19.3. The van der Waals surface area contributed by atoms with E-state index in [1.54, 1.807) is 29.1 Å². The van der Waals surface area contributed by atoms with E-state index in [0.29, 0.717) is 23.2 Å². The maximum absolute atomic E-state index is 13.0. The van der Waals surface area contributed by atoms with Gasteiger partial charge in [0, 0.05) is 41.0 Å². The molecule has 3 aromatic heterocycles. The van der Waals surface area contributed by atoms with Crippen molar-refractivity contribution in [3.63, 3.8) is 0 Å². The molecule has 0 radical (unpaired) electrons. The zero-order valence-electron chi connectivity index (χ0n) is 18.5. The Bertz CT molecular complexity index is 1360. The number of nitrogen functional groups attached to an aromatic ring is 1. The van der Waals surface area contributed by atoms with E-state index in [1.165, 1.54) is 25.0 Å². The summed E-state index contributed by atoms with van der Waals surface area (Å²) in [4.78, 5) is 7.89. The van der Waals surface area contributed by atoms with Gasteiger partial charge in [-0.05, 0) is 44.7 Å². The fourth-order valence-electron chi connectivity index (χ4n) is 3.96. The van der Waals surface area contributed by atoms with Gasteiger partial charge in [-0.15, -0.1) is 0 Å². The maximum atomic E-state index is 13.0. The fourth-order valence-corrected chi connectivity index (χ4v) is 3.96. The quantitative estimate of drug-likeness (QED) is 0.434. The number of rotatable bonds is 5. The van der Waals surface area contributed by atoms with Gasteiger partial charge < -0.3 is 10.7 Å². The summed E-state index contributed by atoms with van der Waals surface area (Å²) in [5.74, 6) is 1.56. The van der Waals surface area contributed by atoms with E-state index in [0.717, 1.165) is 34.5 Å². The lowest BCUT2D eigenvalue weighted by atomic mass is 10.1. The van der Waals surface area contributed by atoms with Crippen LogP contribution in [0, 0.1) is 19.8 Å². The van der Waals surface area contributed by atoms with Gasteiger partial charge in [-0.3, -0.25) is 0 Å². The number of benzene rings is 1. The number of nitrogens with zero attached hydrogens (tertiary/aromatic N) is 5. The van der Waals surface area contributed by atoms with Crippen LogP contribution in [0.25, 0.3) is 28.1 Å². The Morgan fingerprint density at radius 1 is 1.09 bits per heavy atom. The second kappa shape index (κ2) is 8.31. The summed E-state index contributed by atoms with van der Waals surface area (Å²) in [5, 5.41) is 10.1. The average Bonchev–Trinajstić information content (AvgIpc) is 3.43. The zero-order chi connectivity index (χ0) is 23.1. The van der Waals surface area contributed by atoms with Crippen LogP contribution in [0.15, 0.2) is 48.7 Å². The molecule has 170 valence electrons. The summed E-state index contributed by atoms with van der Waals surface area (Å²) in [6.07, 6.45) is 1.52. The lowest BCUT2D eigenvalue weighted by Crippen LogP contribution is -2.04. The highest BCUT2D eigenvalue weighted by Gasteiger charge is 2.24. The van der Waals surface area contributed by atoms with Gasteiger partial charge in [0.05, 0.1) is 5.69 Å². The first kappa shape index (κ1) is 21.1. The van der Waals surface area contributed by atoms with E-state index < -0.39 is 6.43 Å². The molecule has 1 aromatic carbocycles. The summed E-state index contributed by atoms with van der Waals surface area (Å²) in [6.45, 7) is 4.64. The highest BCUT2D eigenvalue weighted by Crippen LogP contribution is 2.34. The molecule has 0 spiro atoms. The molecule has 0 atom stereocenters. The van der Waals surface area contributed by atoms with Crippen molar-refractivity contribution >= 4 is 16.9 Å². The molecule has 0 aliphatic heterocycles. The predicted octanol–water partition coefficient (Wildman–Crippen LogP) is 5.28. The smallest absolute Gasteiger partial charge is 0.263 e. The van der Waals surface area contributed by atoms with Crippen LogP contribution in [0.3, 0.4) is 0 Å². The third-order valence-electron chi connectivity index (χ3n) is 5.78. The molecule has 0 saturated heterocycles. The molecular weight excluding hydrogens is 424 g/mol. The van der Waals surface area contributed by atoms with E-state index in [9.17, 15) is 8.78 Å². The van der Waals surface area contributed by atoms with Crippen LogP contribution >= 0.6 is 0 Å². The summed E-state index contributed by atoms with van der Waals surface area (Å²) in [6, 6.07) is 11.8. The van der Waals surface area contributed by atoms with E-state index in [4.69, 9.17) is 10.8 Å². The monoisotopic (exact) mass is 449 g/mol. The molecule has 3 heterocycles. The second-order valence-electron chi connectivity index (χ2n) is 8.53.